The van der Waals surface area contributed by atoms with E-state index in [0.29, 0.717) is 0 Å². The Labute approximate surface area is 382 Å². The molecule has 0 saturated carbocycles. The van der Waals surface area contributed by atoms with Gasteiger partial charge in [0.15, 0.2) is 0 Å². The molecule has 11 aromatic carbocycles. The van der Waals surface area contributed by atoms with Crippen molar-refractivity contribution >= 4 is 119 Å². The SMILES string of the molecule is c1ccc2c(c1)oc1cccc(-n3c4ccccc4c4cc(-c5c6ccccc6c(-c6ccc7c(c6)c6ccccc6n7-c6cccc7sc8ccccc8c67)c6ccccc56)ccc43)c12. The third-order valence-corrected chi connectivity index (χ3v) is 15.2. The lowest BCUT2D eigenvalue weighted by molar-refractivity contribution is 0.669. The lowest BCUT2D eigenvalue weighted by Crippen LogP contribution is -1.95. The summed E-state index contributed by atoms with van der Waals surface area (Å²) in [6.07, 6.45) is 0. The fraction of sp³-hybridized carbons (Fsp3) is 0. The third kappa shape index (κ3) is 4.91. The Hall–Kier alpha value is -8.44. The topological polar surface area (TPSA) is 23.0 Å². The molecule has 0 N–H and O–H groups in total. The number of hydrogen-bond acceptors (Lipinski definition) is 2. The molecule has 306 valence electrons. The highest BCUT2D eigenvalue weighted by Gasteiger charge is 2.23. The first kappa shape index (κ1) is 36.0. The molecule has 0 aliphatic rings. The summed E-state index contributed by atoms with van der Waals surface area (Å²) in [6.45, 7) is 0. The summed E-state index contributed by atoms with van der Waals surface area (Å²) >= 11 is 1.87. The predicted molar refractivity (Wildman–Crippen MR) is 281 cm³/mol. The average Bonchev–Trinajstić information content (AvgIpc) is 4.13. The third-order valence-electron chi connectivity index (χ3n) is 14.1. The van der Waals surface area contributed by atoms with E-state index in [4.69, 9.17) is 4.42 Å². The molecule has 4 aromatic heterocycles. The molecule has 0 aliphatic carbocycles. The predicted octanol–water partition coefficient (Wildman–Crippen LogP) is 17.8. The van der Waals surface area contributed by atoms with E-state index in [-0.39, 0.29) is 0 Å². The minimum Gasteiger partial charge on any atom is -0.456 e. The molecule has 15 rings (SSSR count). The van der Waals surface area contributed by atoms with Crippen LogP contribution in [0.2, 0.25) is 0 Å². The fourth-order valence-corrected chi connectivity index (χ4v) is 12.5. The number of furan rings is 1. The van der Waals surface area contributed by atoms with Crippen molar-refractivity contribution in [3.05, 3.63) is 218 Å². The molecule has 0 spiro atoms. The molecule has 4 heterocycles. The van der Waals surface area contributed by atoms with Crippen LogP contribution in [0.5, 0.6) is 0 Å². The van der Waals surface area contributed by atoms with Gasteiger partial charge in [0.2, 0.25) is 0 Å². The summed E-state index contributed by atoms with van der Waals surface area (Å²) in [5, 5.41) is 14.8. The molecular formula is C62H36N2OS. The maximum atomic E-state index is 6.38. The molecule has 0 unspecified atom stereocenters. The Balaban J connectivity index is 0.959. The Bertz CT molecular complexity index is 4190. The van der Waals surface area contributed by atoms with Crippen LogP contribution in [0, 0.1) is 0 Å². The zero-order valence-electron chi connectivity index (χ0n) is 35.5. The highest BCUT2D eigenvalue weighted by molar-refractivity contribution is 7.25. The highest BCUT2D eigenvalue weighted by atomic mass is 32.1. The van der Waals surface area contributed by atoms with Gasteiger partial charge >= 0.3 is 0 Å². The Morgan fingerprint density at radius 2 is 0.712 bits per heavy atom. The molecule has 66 heavy (non-hydrogen) atoms. The minimum atomic E-state index is 0.892. The van der Waals surface area contributed by atoms with Crippen LogP contribution in [0.3, 0.4) is 0 Å². The lowest BCUT2D eigenvalue weighted by Gasteiger charge is -2.18. The molecule has 4 heteroatoms. The van der Waals surface area contributed by atoms with E-state index < -0.39 is 0 Å². The van der Waals surface area contributed by atoms with Gasteiger partial charge in [0.05, 0.1) is 38.8 Å². The van der Waals surface area contributed by atoms with Crippen LogP contribution >= 0.6 is 11.3 Å². The first-order valence-electron chi connectivity index (χ1n) is 22.6. The van der Waals surface area contributed by atoms with Crippen LogP contribution in [-0.4, -0.2) is 9.13 Å². The molecular weight excluding hydrogens is 821 g/mol. The molecule has 0 atom stereocenters. The Kier molecular flexibility index (Phi) is 7.38. The second-order valence-electron chi connectivity index (χ2n) is 17.5. The van der Waals surface area contributed by atoms with Crippen molar-refractivity contribution in [2.45, 2.75) is 0 Å². The molecule has 0 aliphatic heterocycles. The van der Waals surface area contributed by atoms with Gasteiger partial charge in [-0.25, -0.2) is 0 Å². The summed E-state index contributed by atoms with van der Waals surface area (Å²) < 4.78 is 13.9. The van der Waals surface area contributed by atoms with Crippen LogP contribution < -0.4 is 0 Å². The summed E-state index contributed by atoms with van der Waals surface area (Å²) in [4.78, 5) is 0. The summed E-state index contributed by atoms with van der Waals surface area (Å²) in [5.41, 5.74) is 13.8. The number of rotatable bonds is 4. The quantitative estimate of drug-likeness (QED) is 0.162. The minimum absolute atomic E-state index is 0.892. The number of benzene rings is 11. The van der Waals surface area contributed by atoms with Crippen LogP contribution in [0.1, 0.15) is 0 Å². The second-order valence-corrected chi connectivity index (χ2v) is 18.6. The van der Waals surface area contributed by atoms with Gasteiger partial charge < -0.3 is 13.6 Å². The lowest BCUT2D eigenvalue weighted by atomic mass is 9.85. The van der Waals surface area contributed by atoms with Crippen molar-refractivity contribution < 1.29 is 4.42 Å². The van der Waals surface area contributed by atoms with Crippen LogP contribution in [0.15, 0.2) is 223 Å². The molecule has 0 radical (unpaired) electrons. The first-order valence-corrected chi connectivity index (χ1v) is 23.4. The molecule has 0 amide bonds. The molecule has 3 nitrogen and oxygen atoms in total. The zero-order chi connectivity index (χ0) is 43.0. The monoisotopic (exact) mass is 856 g/mol. The van der Waals surface area contributed by atoms with Crippen molar-refractivity contribution in [2.24, 2.45) is 0 Å². The number of aromatic nitrogens is 2. The van der Waals surface area contributed by atoms with Gasteiger partial charge in [-0.3, -0.25) is 0 Å². The molecule has 0 fully saturated rings. The van der Waals surface area contributed by atoms with Crippen LogP contribution in [0.25, 0.3) is 141 Å². The number of fused-ring (bicyclic) bond motifs is 14. The Morgan fingerprint density at radius 3 is 1.30 bits per heavy atom. The average molecular weight is 857 g/mol. The van der Waals surface area contributed by atoms with Crippen LogP contribution in [0.4, 0.5) is 0 Å². The fourth-order valence-electron chi connectivity index (χ4n) is 11.4. The smallest absolute Gasteiger partial charge is 0.137 e. The number of nitrogens with zero attached hydrogens (tertiary/aromatic N) is 2. The summed E-state index contributed by atoms with van der Waals surface area (Å²) in [6, 6.07) is 80.3. The highest BCUT2D eigenvalue weighted by Crippen LogP contribution is 2.48. The molecule has 0 bridgehead atoms. The van der Waals surface area contributed by atoms with Crippen molar-refractivity contribution in [3.63, 3.8) is 0 Å². The van der Waals surface area contributed by atoms with E-state index in [9.17, 15) is 0 Å². The van der Waals surface area contributed by atoms with E-state index in [2.05, 4.69) is 221 Å². The normalized spacial score (nSPS) is 12.2. The van der Waals surface area contributed by atoms with Gasteiger partial charge in [-0.15, -0.1) is 11.3 Å². The van der Waals surface area contributed by atoms with Crippen molar-refractivity contribution in [2.75, 3.05) is 0 Å². The van der Waals surface area contributed by atoms with Gasteiger partial charge in [0.1, 0.15) is 11.2 Å². The number of para-hydroxylation sites is 3. The standard InChI is InChI=1S/C62H36N2OS/c1-3-19-43-41(17-1)59(37-31-33-51-47(35-37)39-15-5-9-23-49(39)63(51)53-25-13-28-56-61(53)45-21-7-11-27-55(45)65-56)42-18-2-4-20-44(42)60(43)38-32-34-52-48(36-38)40-16-6-10-24-50(40)64(52)54-26-14-30-58-62(54)46-22-8-12-29-57(46)66-58/h1-36H. The van der Waals surface area contributed by atoms with Gasteiger partial charge in [-0.05, 0) is 117 Å². The zero-order valence-corrected chi connectivity index (χ0v) is 36.3. The first-order chi connectivity index (χ1) is 32.8. The summed E-state index contributed by atoms with van der Waals surface area (Å²) in [5.74, 6) is 0. The van der Waals surface area contributed by atoms with Gasteiger partial charge in [-0.2, -0.15) is 0 Å². The van der Waals surface area contributed by atoms with Crippen molar-refractivity contribution in [3.8, 4) is 33.6 Å². The number of hydrogen-bond donors (Lipinski definition) is 0. The van der Waals surface area contributed by atoms with Crippen LogP contribution in [-0.2, 0) is 0 Å². The second kappa shape index (κ2) is 13.5. The maximum absolute atomic E-state index is 6.38. The maximum Gasteiger partial charge on any atom is 0.137 e. The van der Waals surface area contributed by atoms with Gasteiger partial charge in [0.25, 0.3) is 0 Å². The van der Waals surface area contributed by atoms with Gasteiger partial charge in [0, 0.05) is 47.1 Å². The van der Waals surface area contributed by atoms with E-state index >= 15 is 0 Å². The molecule has 0 saturated heterocycles. The van der Waals surface area contributed by atoms with E-state index in [1.807, 2.05) is 17.4 Å². The largest absolute Gasteiger partial charge is 0.456 e. The number of thiophene rings is 1. The summed E-state index contributed by atoms with van der Waals surface area (Å²) in [7, 11) is 0. The van der Waals surface area contributed by atoms with E-state index in [1.54, 1.807) is 0 Å². The van der Waals surface area contributed by atoms with Crippen molar-refractivity contribution in [1.29, 1.82) is 0 Å². The van der Waals surface area contributed by atoms with E-state index in [1.165, 1.54) is 113 Å². The van der Waals surface area contributed by atoms with E-state index in [0.717, 1.165) is 27.6 Å². The Morgan fingerprint density at radius 1 is 0.288 bits per heavy atom. The molecule has 15 aromatic rings. The van der Waals surface area contributed by atoms with Crippen molar-refractivity contribution in [1.82, 2.24) is 9.13 Å². The van der Waals surface area contributed by atoms with Gasteiger partial charge in [-0.1, -0.05) is 146 Å².